The Hall–Kier alpha value is -1.29. The Balaban J connectivity index is 2.35. The molecule has 0 spiro atoms. The summed E-state index contributed by atoms with van der Waals surface area (Å²) in [7, 11) is 1.79. The van der Waals surface area contributed by atoms with Crippen LogP contribution in [-0.2, 0) is 0 Å². The molecule has 0 bridgehead atoms. The highest BCUT2D eigenvalue weighted by Gasteiger charge is 2.06. The zero-order valence-corrected chi connectivity index (χ0v) is 8.31. The fraction of sp³-hybridized carbons (Fsp3) is 0.222. The molecule has 2 heterocycles. The van der Waals surface area contributed by atoms with Crippen LogP contribution in [-0.4, -0.2) is 12.0 Å². The molecule has 0 saturated heterocycles. The predicted octanol–water partition coefficient (Wildman–Crippen LogP) is 2.75. The van der Waals surface area contributed by atoms with Crippen LogP contribution in [0.15, 0.2) is 22.1 Å². The highest BCUT2D eigenvalue weighted by atomic mass is 32.1. The lowest BCUT2D eigenvalue weighted by molar-refractivity contribution is 0.591. The number of aryl methyl sites for hydroxylation is 1. The first-order valence-corrected chi connectivity index (χ1v) is 4.86. The van der Waals surface area contributed by atoms with Crippen LogP contribution in [0.4, 0.5) is 6.01 Å². The fourth-order valence-corrected chi connectivity index (χ4v) is 1.91. The zero-order valence-electron chi connectivity index (χ0n) is 7.50. The molecule has 4 heteroatoms. The Morgan fingerprint density at radius 2 is 2.38 bits per heavy atom. The summed E-state index contributed by atoms with van der Waals surface area (Å²) in [4.78, 5) is 5.17. The summed E-state index contributed by atoms with van der Waals surface area (Å²) < 4.78 is 5.42. The number of rotatable bonds is 2. The summed E-state index contributed by atoms with van der Waals surface area (Å²) in [6.07, 6.45) is 1.73. The molecule has 0 aromatic carbocycles. The van der Waals surface area contributed by atoms with Gasteiger partial charge in [0.15, 0.2) is 5.76 Å². The van der Waals surface area contributed by atoms with Gasteiger partial charge < -0.3 is 9.73 Å². The second-order valence-corrected chi connectivity index (χ2v) is 3.68. The summed E-state index contributed by atoms with van der Waals surface area (Å²) >= 11 is 1.66. The van der Waals surface area contributed by atoms with Crippen molar-refractivity contribution in [3.63, 3.8) is 0 Å². The monoisotopic (exact) mass is 194 g/mol. The summed E-state index contributed by atoms with van der Waals surface area (Å²) in [6.45, 7) is 2.06. The molecular weight excluding hydrogens is 184 g/mol. The van der Waals surface area contributed by atoms with Crippen molar-refractivity contribution in [1.82, 2.24) is 4.98 Å². The molecule has 0 amide bonds. The fourth-order valence-electron chi connectivity index (χ4n) is 1.06. The van der Waals surface area contributed by atoms with E-state index in [9.17, 15) is 0 Å². The Morgan fingerprint density at radius 1 is 1.54 bits per heavy atom. The average molecular weight is 194 g/mol. The average Bonchev–Trinajstić information content (AvgIpc) is 2.71. The molecular formula is C9H10N2OS. The third kappa shape index (κ3) is 1.58. The highest BCUT2D eigenvalue weighted by molar-refractivity contribution is 7.13. The molecule has 68 valence electrons. The van der Waals surface area contributed by atoms with Gasteiger partial charge in [0, 0.05) is 7.05 Å². The predicted molar refractivity (Wildman–Crippen MR) is 54.1 cm³/mol. The van der Waals surface area contributed by atoms with Crippen molar-refractivity contribution in [2.75, 3.05) is 12.4 Å². The molecule has 0 aliphatic heterocycles. The van der Waals surface area contributed by atoms with Gasteiger partial charge in [0.1, 0.15) is 0 Å². The third-order valence-electron chi connectivity index (χ3n) is 1.69. The largest absolute Gasteiger partial charge is 0.423 e. The van der Waals surface area contributed by atoms with Crippen molar-refractivity contribution >= 4 is 17.4 Å². The summed E-state index contributed by atoms with van der Waals surface area (Å²) in [5.74, 6) is 0.822. The highest BCUT2D eigenvalue weighted by Crippen LogP contribution is 2.28. The molecule has 13 heavy (non-hydrogen) atoms. The Labute approximate surface area is 80.4 Å². The molecule has 0 saturated carbocycles. The molecule has 2 aromatic rings. The summed E-state index contributed by atoms with van der Waals surface area (Å²) in [5.41, 5.74) is 1.25. The number of thiophene rings is 1. The maximum Gasteiger partial charge on any atom is 0.294 e. The lowest BCUT2D eigenvalue weighted by Crippen LogP contribution is -1.84. The molecule has 0 atom stereocenters. The summed E-state index contributed by atoms with van der Waals surface area (Å²) in [6, 6.07) is 2.64. The van der Waals surface area contributed by atoms with Gasteiger partial charge in [0.2, 0.25) is 0 Å². The minimum Gasteiger partial charge on any atom is -0.423 e. The molecule has 2 aromatic heterocycles. The maximum atomic E-state index is 5.42. The third-order valence-corrected chi connectivity index (χ3v) is 2.76. The van der Waals surface area contributed by atoms with Crippen molar-refractivity contribution in [2.45, 2.75) is 6.92 Å². The SMILES string of the molecule is CNc1ncc(-c2cc(C)cs2)o1. The van der Waals surface area contributed by atoms with Gasteiger partial charge in [-0.3, -0.25) is 0 Å². The minimum atomic E-state index is 0.557. The Morgan fingerprint density at radius 3 is 2.92 bits per heavy atom. The number of hydrogen-bond donors (Lipinski definition) is 1. The second kappa shape index (κ2) is 3.22. The topological polar surface area (TPSA) is 38.1 Å². The van der Waals surface area contributed by atoms with Crippen molar-refractivity contribution in [3.8, 4) is 10.6 Å². The lowest BCUT2D eigenvalue weighted by Gasteiger charge is -1.89. The first-order chi connectivity index (χ1) is 6.29. The van der Waals surface area contributed by atoms with Gasteiger partial charge in [-0.2, -0.15) is 0 Å². The number of oxazole rings is 1. The van der Waals surface area contributed by atoms with E-state index in [1.165, 1.54) is 5.56 Å². The molecule has 0 radical (unpaired) electrons. The number of aromatic nitrogens is 1. The van der Waals surface area contributed by atoms with Crippen LogP contribution in [0.2, 0.25) is 0 Å². The van der Waals surface area contributed by atoms with Gasteiger partial charge >= 0.3 is 0 Å². The molecule has 2 rings (SSSR count). The van der Waals surface area contributed by atoms with Crippen molar-refractivity contribution in [1.29, 1.82) is 0 Å². The standard InChI is InChI=1S/C9H10N2OS/c1-6-3-8(13-5-6)7-4-11-9(10-2)12-7/h3-5H,1-2H3,(H,10,11). The van der Waals surface area contributed by atoms with Crippen LogP contribution in [0.5, 0.6) is 0 Å². The van der Waals surface area contributed by atoms with E-state index in [4.69, 9.17) is 4.42 Å². The Kier molecular flexibility index (Phi) is 2.06. The van der Waals surface area contributed by atoms with Crippen LogP contribution in [0.3, 0.4) is 0 Å². The molecule has 0 fully saturated rings. The van der Waals surface area contributed by atoms with E-state index < -0.39 is 0 Å². The second-order valence-electron chi connectivity index (χ2n) is 2.77. The van der Waals surface area contributed by atoms with Gasteiger partial charge in [0.25, 0.3) is 6.01 Å². The van der Waals surface area contributed by atoms with E-state index in [0.29, 0.717) is 6.01 Å². The van der Waals surface area contributed by atoms with Gasteiger partial charge in [-0.05, 0) is 23.9 Å². The smallest absolute Gasteiger partial charge is 0.294 e. The number of anilines is 1. The number of nitrogens with zero attached hydrogens (tertiary/aromatic N) is 1. The zero-order chi connectivity index (χ0) is 9.26. The molecule has 3 nitrogen and oxygen atoms in total. The van der Waals surface area contributed by atoms with Gasteiger partial charge in [-0.25, -0.2) is 4.98 Å². The molecule has 1 N–H and O–H groups in total. The van der Waals surface area contributed by atoms with Crippen LogP contribution >= 0.6 is 11.3 Å². The van der Waals surface area contributed by atoms with E-state index in [0.717, 1.165) is 10.6 Å². The van der Waals surface area contributed by atoms with E-state index in [2.05, 4.69) is 28.7 Å². The van der Waals surface area contributed by atoms with Crippen LogP contribution in [0.1, 0.15) is 5.56 Å². The number of nitrogens with one attached hydrogen (secondary N) is 1. The maximum absolute atomic E-state index is 5.42. The van der Waals surface area contributed by atoms with Gasteiger partial charge in [-0.15, -0.1) is 11.3 Å². The minimum absolute atomic E-state index is 0.557. The van der Waals surface area contributed by atoms with Gasteiger partial charge in [-0.1, -0.05) is 0 Å². The van der Waals surface area contributed by atoms with E-state index in [-0.39, 0.29) is 0 Å². The van der Waals surface area contributed by atoms with Gasteiger partial charge in [0.05, 0.1) is 11.1 Å². The normalized spacial score (nSPS) is 10.3. The van der Waals surface area contributed by atoms with E-state index >= 15 is 0 Å². The first kappa shape index (κ1) is 8.31. The van der Waals surface area contributed by atoms with Crippen LogP contribution in [0.25, 0.3) is 10.6 Å². The quantitative estimate of drug-likeness (QED) is 0.798. The van der Waals surface area contributed by atoms with Crippen LogP contribution < -0.4 is 5.32 Å². The van der Waals surface area contributed by atoms with E-state index in [1.807, 2.05) is 0 Å². The Bertz CT molecular complexity index is 405. The van der Waals surface area contributed by atoms with Crippen molar-refractivity contribution in [2.24, 2.45) is 0 Å². The summed E-state index contributed by atoms with van der Waals surface area (Å²) in [5, 5.41) is 4.94. The van der Waals surface area contributed by atoms with E-state index in [1.54, 1.807) is 24.6 Å². The molecule has 0 aliphatic carbocycles. The van der Waals surface area contributed by atoms with Crippen LogP contribution in [0, 0.1) is 6.92 Å². The number of hydrogen-bond acceptors (Lipinski definition) is 4. The molecule has 0 unspecified atom stereocenters. The van der Waals surface area contributed by atoms with Crippen molar-refractivity contribution < 1.29 is 4.42 Å². The lowest BCUT2D eigenvalue weighted by atomic mass is 10.3. The van der Waals surface area contributed by atoms with Crippen molar-refractivity contribution in [3.05, 3.63) is 23.2 Å². The first-order valence-electron chi connectivity index (χ1n) is 3.98. The molecule has 0 aliphatic rings.